The number of piperidine rings is 1. The van der Waals surface area contributed by atoms with Crippen molar-refractivity contribution < 1.29 is 18.8 Å². The van der Waals surface area contributed by atoms with Gasteiger partial charge in [-0.25, -0.2) is 9.18 Å². The van der Waals surface area contributed by atoms with Gasteiger partial charge in [-0.05, 0) is 45.1 Å². The number of hydrogen-bond donors (Lipinski definition) is 2. The summed E-state index contributed by atoms with van der Waals surface area (Å²) in [6.07, 6.45) is 1.93. The number of hydrogen-bond acceptors (Lipinski definition) is 5. The van der Waals surface area contributed by atoms with Crippen LogP contribution in [0.4, 0.5) is 20.6 Å². The summed E-state index contributed by atoms with van der Waals surface area (Å²) in [5.74, 6) is -1.89. The number of carbonyl (C=O) groups excluding carboxylic acids is 3. The van der Waals surface area contributed by atoms with Gasteiger partial charge in [-0.2, -0.15) is 0 Å². The van der Waals surface area contributed by atoms with Gasteiger partial charge in [-0.1, -0.05) is 0 Å². The van der Waals surface area contributed by atoms with E-state index in [9.17, 15) is 18.8 Å². The molecule has 3 saturated heterocycles. The third-order valence-corrected chi connectivity index (χ3v) is 6.45. The van der Waals surface area contributed by atoms with E-state index in [0.29, 0.717) is 37.9 Å². The average molecular weight is 433 g/mol. The third-order valence-electron chi connectivity index (χ3n) is 6.45. The normalized spacial score (nSPS) is 21.9. The molecule has 0 radical (unpaired) electrons. The highest BCUT2D eigenvalue weighted by molar-refractivity contribution is 6.39. The van der Waals surface area contributed by atoms with Gasteiger partial charge in [0.05, 0.1) is 11.7 Å². The van der Waals surface area contributed by atoms with Crippen LogP contribution in [-0.2, 0) is 9.59 Å². The zero-order valence-electron chi connectivity index (χ0n) is 17.9. The number of anilines is 2. The van der Waals surface area contributed by atoms with Gasteiger partial charge in [0, 0.05) is 51.0 Å². The van der Waals surface area contributed by atoms with E-state index in [2.05, 4.69) is 29.6 Å². The van der Waals surface area contributed by atoms with Crippen LogP contribution in [0.1, 0.15) is 12.8 Å². The first-order valence-corrected chi connectivity index (χ1v) is 10.7. The summed E-state index contributed by atoms with van der Waals surface area (Å²) in [4.78, 5) is 44.0. The highest BCUT2D eigenvalue weighted by Gasteiger charge is 2.38. The zero-order chi connectivity index (χ0) is 22.1. The van der Waals surface area contributed by atoms with E-state index in [1.54, 1.807) is 17.0 Å². The Labute approximate surface area is 181 Å². The number of rotatable bonds is 3. The molecule has 1 aromatic rings. The van der Waals surface area contributed by atoms with Crippen molar-refractivity contribution in [1.29, 1.82) is 0 Å². The quantitative estimate of drug-likeness (QED) is 0.681. The van der Waals surface area contributed by atoms with Crippen molar-refractivity contribution in [2.75, 3.05) is 63.6 Å². The molecular weight excluding hydrogens is 403 g/mol. The SMILES string of the molecule is CN(C)C1CCN(c2ccc(NC(=O)C(=O)N3CCN4C(=O)NCC4C3)cc2F)CC1. The van der Waals surface area contributed by atoms with Gasteiger partial charge in [-0.15, -0.1) is 0 Å². The van der Waals surface area contributed by atoms with Gasteiger partial charge in [0.2, 0.25) is 0 Å². The van der Waals surface area contributed by atoms with Crippen LogP contribution < -0.4 is 15.5 Å². The van der Waals surface area contributed by atoms with Crippen LogP contribution in [0.3, 0.4) is 0 Å². The van der Waals surface area contributed by atoms with Crippen molar-refractivity contribution in [3.05, 3.63) is 24.0 Å². The fraction of sp³-hybridized carbons (Fsp3) is 0.571. The fourth-order valence-electron chi connectivity index (χ4n) is 4.58. The maximum Gasteiger partial charge on any atom is 0.317 e. The van der Waals surface area contributed by atoms with Crippen LogP contribution in [0.15, 0.2) is 18.2 Å². The number of piperazine rings is 1. The molecule has 2 N–H and O–H groups in total. The third kappa shape index (κ3) is 4.43. The topological polar surface area (TPSA) is 88.2 Å². The number of benzene rings is 1. The van der Waals surface area contributed by atoms with Crippen molar-refractivity contribution in [1.82, 2.24) is 20.0 Å². The van der Waals surface area contributed by atoms with Crippen molar-refractivity contribution in [3.63, 3.8) is 0 Å². The van der Waals surface area contributed by atoms with Crippen LogP contribution in [0.2, 0.25) is 0 Å². The summed E-state index contributed by atoms with van der Waals surface area (Å²) < 4.78 is 14.7. The molecule has 3 aliphatic heterocycles. The molecule has 31 heavy (non-hydrogen) atoms. The Bertz CT molecular complexity index is 871. The molecule has 4 amide bonds. The second-order valence-corrected chi connectivity index (χ2v) is 8.59. The minimum Gasteiger partial charge on any atom is -0.369 e. The smallest absolute Gasteiger partial charge is 0.317 e. The molecule has 0 saturated carbocycles. The summed E-state index contributed by atoms with van der Waals surface area (Å²) >= 11 is 0. The Morgan fingerprint density at radius 1 is 1.16 bits per heavy atom. The van der Waals surface area contributed by atoms with Crippen LogP contribution in [-0.4, -0.2) is 98.0 Å². The predicted molar refractivity (Wildman–Crippen MR) is 114 cm³/mol. The second kappa shape index (κ2) is 8.70. The lowest BCUT2D eigenvalue weighted by molar-refractivity contribution is -0.144. The molecule has 10 heteroatoms. The summed E-state index contributed by atoms with van der Waals surface area (Å²) in [5.41, 5.74) is 0.759. The molecule has 3 aliphatic rings. The van der Waals surface area contributed by atoms with E-state index in [-0.39, 0.29) is 17.8 Å². The number of nitrogens with zero attached hydrogens (tertiary/aromatic N) is 4. The lowest BCUT2D eigenvalue weighted by atomic mass is 10.0. The Balaban J connectivity index is 1.34. The summed E-state index contributed by atoms with van der Waals surface area (Å²) in [5, 5.41) is 5.25. The Hall–Kier alpha value is -2.88. The van der Waals surface area contributed by atoms with Crippen LogP contribution in [0, 0.1) is 5.82 Å². The lowest BCUT2D eigenvalue weighted by Gasteiger charge is -2.36. The highest BCUT2D eigenvalue weighted by atomic mass is 19.1. The van der Waals surface area contributed by atoms with E-state index in [1.807, 2.05) is 4.90 Å². The van der Waals surface area contributed by atoms with Crippen LogP contribution in [0.25, 0.3) is 0 Å². The number of carbonyl (C=O) groups is 3. The number of fused-ring (bicyclic) bond motifs is 1. The number of urea groups is 1. The number of amides is 4. The van der Waals surface area contributed by atoms with Crippen molar-refractivity contribution >= 4 is 29.2 Å². The first-order chi connectivity index (χ1) is 14.8. The van der Waals surface area contributed by atoms with Gasteiger partial charge < -0.3 is 30.2 Å². The largest absolute Gasteiger partial charge is 0.369 e. The van der Waals surface area contributed by atoms with E-state index >= 15 is 0 Å². The van der Waals surface area contributed by atoms with Gasteiger partial charge in [0.25, 0.3) is 0 Å². The molecule has 1 aromatic carbocycles. The Kier molecular flexibility index (Phi) is 5.99. The predicted octanol–water partition coefficient (Wildman–Crippen LogP) is 0.531. The molecule has 4 rings (SSSR count). The lowest BCUT2D eigenvalue weighted by Crippen LogP contribution is -2.55. The zero-order valence-corrected chi connectivity index (χ0v) is 17.9. The average Bonchev–Trinajstić information content (AvgIpc) is 3.13. The molecule has 3 heterocycles. The van der Waals surface area contributed by atoms with Crippen molar-refractivity contribution in [2.45, 2.75) is 24.9 Å². The van der Waals surface area contributed by atoms with Crippen molar-refractivity contribution in [2.24, 2.45) is 0 Å². The molecular formula is C21H29FN6O3. The fourth-order valence-corrected chi connectivity index (χ4v) is 4.58. The van der Waals surface area contributed by atoms with E-state index in [0.717, 1.165) is 25.9 Å². The van der Waals surface area contributed by atoms with Gasteiger partial charge in [-0.3, -0.25) is 9.59 Å². The van der Waals surface area contributed by atoms with Gasteiger partial charge in [0.15, 0.2) is 0 Å². The molecule has 0 aromatic heterocycles. The van der Waals surface area contributed by atoms with E-state index in [1.165, 1.54) is 11.0 Å². The molecule has 3 fully saturated rings. The second-order valence-electron chi connectivity index (χ2n) is 8.59. The maximum absolute atomic E-state index is 14.7. The number of halogens is 1. The number of nitrogens with one attached hydrogen (secondary N) is 2. The summed E-state index contributed by atoms with van der Waals surface area (Å²) in [7, 11) is 4.12. The Morgan fingerprint density at radius 3 is 2.58 bits per heavy atom. The minimum atomic E-state index is -0.801. The molecule has 1 atom stereocenters. The highest BCUT2D eigenvalue weighted by Crippen LogP contribution is 2.27. The molecule has 0 bridgehead atoms. The molecule has 1 unspecified atom stereocenters. The van der Waals surface area contributed by atoms with Crippen molar-refractivity contribution in [3.8, 4) is 0 Å². The summed E-state index contributed by atoms with van der Waals surface area (Å²) in [6, 6.07) is 4.79. The molecule has 0 aliphatic carbocycles. The first-order valence-electron chi connectivity index (χ1n) is 10.7. The van der Waals surface area contributed by atoms with Gasteiger partial charge >= 0.3 is 17.8 Å². The Morgan fingerprint density at radius 2 is 1.90 bits per heavy atom. The standard InChI is InChI=1S/C21H29FN6O3/c1-25(2)15-5-7-26(8-6-15)18-4-3-14(11-17(18)22)24-19(29)20(30)27-9-10-28-16(13-27)12-23-21(28)31/h3-4,11,15-16H,5-10,12-13H2,1-2H3,(H,23,31)(H,24,29). The molecule has 9 nitrogen and oxygen atoms in total. The summed E-state index contributed by atoms with van der Waals surface area (Å²) in [6.45, 7) is 3.00. The molecule has 168 valence electrons. The van der Waals surface area contributed by atoms with Gasteiger partial charge in [0.1, 0.15) is 5.82 Å². The van der Waals surface area contributed by atoms with E-state index in [4.69, 9.17) is 0 Å². The first kappa shape index (κ1) is 21.4. The van der Waals surface area contributed by atoms with E-state index < -0.39 is 17.6 Å². The van der Waals surface area contributed by atoms with Crippen LogP contribution >= 0.6 is 0 Å². The maximum atomic E-state index is 14.7. The minimum absolute atomic E-state index is 0.119. The monoisotopic (exact) mass is 432 g/mol. The van der Waals surface area contributed by atoms with Crippen LogP contribution in [0.5, 0.6) is 0 Å². The molecule has 0 spiro atoms.